The van der Waals surface area contributed by atoms with Crippen LogP contribution in [0, 0.1) is 6.92 Å². The number of hydrogen-bond donors (Lipinski definition) is 0. The molecule has 4 atom stereocenters. The van der Waals surface area contributed by atoms with E-state index >= 15 is 0 Å². The standard InChI is InChI=1S/C51H44N4/c1-31-26-33(49-53-44-21-13-15-23-46(44)55(49)35-18-10-7-11-19-35)28-42-47(31)38-30-40-37(29-41(38)51(42,4)5)36-25-24-32(27-39(36)50(40,2)3)48-52-43-20-12-14-22-45(43)54(48)34-16-8-6-9-17-34/h6-30,43-46H,1-5H3. The van der Waals surface area contributed by atoms with E-state index in [0.29, 0.717) is 0 Å². The molecule has 4 heteroatoms. The van der Waals surface area contributed by atoms with E-state index in [9.17, 15) is 0 Å². The molecule has 5 aromatic carbocycles. The Bertz CT molecular complexity index is 2630. The average Bonchev–Trinajstić information content (AvgIpc) is 3.91. The molecule has 0 saturated carbocycles. The summed E-state index contributed by atoms with van der Waals surface area (Å²) in [5.74, 6) is 2.09. The third kappa shape index (κ3) is 4.57. The maximum atomic E-state index is 5.36. The molecule has 0 amide bonds. The number of nitrogens with zero attached hydrogens (tertiary/aromatic N) is 4. The van der Waals surface area contributed by atoms with Crippen molar-refractivity contribution in [3.63, 3.8) is 0 Å². The highest BCUT2D eigenvalue weighted by Crippen LogP contribution is 2.57. The van der Waals surface area contributed by atoms with Gasteiger partial charge in [0.25, 0.3) is 0 Å². The smallest absolute Gasteiger partial charge is 0.136 e. The number of allylic oxidation sites excluding steroid dienone is 4. The van der Waals surface area contributed by atoms with Crippen molar-refractivity contribution >= 4 is 23.0 Å². The van der Waals surface area contributed by atoms with Crippen molar-refractivity contribution in [2.24, 2.45) is 9.98 Å². The highest BCUT2D eigenvalue weighted by Gasteiger charge is 2.44. The highest BCUT2D eigenvalue weighted by atomic mass is 15.3. The van der Waals surface area contributed by atoms with Gasteiger partial charge in [-0.25, -0.2) is 0 Å². The van der Waals surface area contributed by atoms with Gasteiger partial charge >= 0.3 is 0 Å². The van der Waals surface area contributed by atoms with Crippen LogP contribution >= 0.6 is 0 Å². The van der Waals surface area contributed by atoms with Gasteiger partial charge in [0.15, 0.2) is 0 Å². The average molecular weight is 713 g/mol. The van der Waals surface area contributed by atoms with Gasteiger partial charge in [0.2, 0.25) is 0 Å². The molecular weight excluding hydrogens is 669 g/mol. The SMILES string of the molecule is Cc1cc(C2=NC3C=CC=CC3N2c2ccccc2)cc2c1-c1cc3c(cc1C2(C)C)-c1ccc(C2=NC4C=CC=CC4N2c2ccccc2)cc1C3(C)C. The molecule has 0 aromatic heterocycles. The third-order valence-electron chi connectivity index (χ3n) is 13.1. The Kier molecular flexibility index (Phi) is 6.78. The van der Waals surface area contributed by atoms with Gasteiger partial charge in [-0.2, -0.15) is 0 Å². The molecule has 4 unspecified atom stereocenters. The van der Waals surface area contributed by atoms with Crippen molar-refractivity contribution < 1.29 is 0 Å². The number of para-hydroxylation sites is 2. The van der Waals surface area contributed by atoms with Crippen LogP contribution in [-0.2, 0) is 10.8 Å². The highest BCUT2D eigenvalue weighted by molar-refractivity contribution is 6.14. The molecule has 6 aliphatic rings. The summed E-state index contributed by atoms with van der Waals surface area (Å²) >= 11 is 0. The topological polar surface area (TPSA) is 31.2 Å². The lowest BCUT2D eigenvalue weighted by Gasteiger charge is -2.29. The molecule has 4 nitrogen and oxygen atoms in total. The van der Waals surface area contributed by atoms with Crippen LogP contribution in [0.4, 0.5) is 11.4 Å². The van der Waals surface area contributed by atoms with Crippen LogP contribution in [-0.4, -0.2) is 35.8 Å². The van der Waals surface area contributed by atoms with Crippen LogP contribution < -0.4 is 9.80 Å². The fourth-order valence-electron chi connectivity index (χ4n) is 10.3. The second kappa shape index (κ2) is 11.5. The summed E-state index contributed by atoms with van der Waals surface area (Å²) in [6.07, 6.45) is 17.6. The first-order valence-electron chi connectivity index (χ1n) is 19.7. The van der Waals surface area contributed by atoms with Gasteiger partial charge in [-0.1, -0.05) is 125 Å². The Morgan fingerprint density at radius 2 is 0.964 bits per heavy atom. The van der Waals surface area contributed by atoms with Gasteiger partial charge in [-0.05, 0) is 112 Å². The van der Waals surface area contributed by atoms with Gasteiger partial charge in [0.1, 0.15) is 11.7 Å². The van der Waals surface area contributed by atoms with Crippen LogP contribution in [0.15, 0.2) is 162 Å². The minimum absolute atomic E-state index is 0.102. The quantitative estimate of drug-likeness (QED) is 0.186. The van der Waals surface area contributed by atoms with E-state index in [4.69, 9.17) is 9.98 Å². The summed E-state index contributed by atoms with van der Waals surface area (Å²) in [5, 5.41) is 0. The Hall–Kier alpha value is -6.00. The lowest BCUT2D eigenvalue weighted by Crippen LogP contribution is -2.39. The molecule has 4 aliphatic carbocycles. The van der Waals surface area contributed by atoms with Gasteiger partial charge < -0.3 is 9.80 Å². The molecule has 268 valence electrons. The first kappa shape index (κ1) is 32.4. The fraction of sp³-hybridized carbons (Fsp3) is 0.216. The number of fused-ring (bicyclic) bond motifs is 8. The molecule has 2 aliphatic heterocycles. The summed E-state index contributed by atoms with van der Waals surface area (Å²) in [6, 6.07) is 39.0. The van der Waals surface area contributed by atoms with E-state index in [-0.39, 0.29) is 35.0 Å². The molecule has 2 heterocycles. The molecule has 0 fully saturated rings. The van der Waals surface area contributed by atoms with E-state index in [0.717, 1.165) is 11.7 Å². The predicted molar refractivity (Wildman–Crippen MR) is 229 cm³/mol. The number of anilines is 2. The van der Waals surface area contributed by atoms with Crippen LogP contribution in [0.5, 0.6) is 0 Å². The molecule has 11 rings (SSSR count). The minimum atomic E-state index is -0.178. The van der Waals surface area contributed by atoms with Crippen molar-refractivity contribution in [2.75, 3.05) is 9.80 Å². The zero-order valence-electron chi connectivity index (χ0n) is 32.0. The summed E-state index contributed by atoms with van der Waals surface area (Å²) in [7, 11) is 0. The molecule has 0 radical (unpaired) electrons. The summed E-state index contributed by atoms with van der Waals surface area (Å²) in [5.41, 5.74) is 16.7. The number of rotatable bonds is 4. The Labute approximate surface area is 324 Å². The van der Waals surface area contributed by atoms with Crippen molar-refractivity contribution in [1.82, 2.24) is 0 Å². The number of benzene rings is 5. The Morgan fingerprint density at radius 3 is 1.58 bits per heavy atom. The van der Waals surface area contributed by atoms with Crippen molar-refractivity contribution in [1.29, 1.82) is 0 Å². The van der Waals surface area contributed by atoms with Crippen LogP contribution in [0.1, 0.15) is 66.6 Å². The first-order chi connectivity index (χ1) is 26.7. The van der Waals surface area contributed by atoms with Crippen LogP contribution in [0.3, 0.4) is 0 Å². The maximum Gasteiger partial charge on any atom is 0.136 e. The van der Waals surface area contributed by atoms with Gasteiger partial charge in [0, 0.05) is 33.3 Å². The first-order valence-corrected chi connectivity index (χ1v) is 19.7. The predicted octanol–water partition coefficient (Wildman–Crippen LogP) is 10.9. The van der Waals surface area contributed by atoms with Crippen molar-refractivity contribution in [2.45, 2.75) is 69.6 Å². The number of hydrogen-bond acceptors (Lipinski definition) is 4. The van der Waals surface area contributed by atoms with E-state index < -0.39 is 0 Å². The summed E-state index contributed by atoms with van der Waals surface area (Å²) < 4.78 is 0. The zero-order valence-corrected chi connectivity index (χ0v) is 32.0. The molecule has 0 N–H and O–H groups in total. The second-order valence-electron chi connectivity index (χ2n) is 17.0. The van der Waals surface area contributed by atoms with Crippen molar-refractivity contribution in [3.8, 4) is 22.3 Å². The molecule has 0 saturated heterocycles. The van der Waals surface area contributed by atoms with E-state index in [1.165, 1.54) is 72.6 Å². The van der Waals surface area contributed by atoms with Gasteiger partial charge in [0.05, 0.1) is 24.2 Å². The van der Waals surface area contributed by atoms with Crippen LogP contribution in [0.2, 0.25) is 0 Å². The minimum Gasteiger partial charge on any atom is -0.317 e. The van der Waals surface area contributed by atoms with Gasteiger partial charge in [-0.3, -0.25) is 9.98 Å². The lowest BCUT2D eigenvalue weighted by molar-refractivity contribution is 0.651. The molecule has 0 spiro atoms. The van der Waals surface area contributed by atoms with E-state index in [1.807, 2.05) is 0 Å². The van der Waals surface area contributed by atoms with E-state index in [2.05, 4.69) is 196 Å². The monoisotopic (exact) mass is 712 g/mol. The maximum absolute atomic E-state index is 5.36. The summed E-state index contributed by atoms with van der Waals surface area (Å²) in [6.45, 7) is 11.9. The van der Waals surface area contributed by atoms with E-state index in [1.54, 1.807) is 0 Å². The molecule has 0 bridgehead atoms. The van der Waals surface area contributed by atoms with Crippen molar-refractivity contribution in [3.05, 3.63) is 191 Å². The second-order valence-corrected chi connectivity index (χ2v) is 17.0. The zero-order chi connectivity index (χ0) is 37.2. The fourth-order valence-corrected chi connectivity index (χ4v) is 10.3. The molecule has 55 heavy (non-hydrogen) atoms. The third-order valence-corrected chi connectivity index (χ3v) is 13.1. The molecular formula is C51H44N4. The van der Waals surface area contributed by atoms with Gasteiger partial charge in [-0.15, -0.1) is 0 Å². The lowest BCUT2D eigenvalue weighted by atomic mass is 9.79. The number of aliphatic imine (C=N–C) groups is 2. The molecule has 5 aromatic rings. The summed E-state index contributed by atoms with van der Waals surface area (Å²) in [4.78, 5) is 15.5. The number of aryl methyl sites for hydroxylation is 1. The Balaban J connectivity index is 0.999. The van der Waals surface area contributed by atoms with Crippen LogP contribution in [0.25, 0.3) is 22.3 Å². The number of amidine groups is 2. The Morgan fingerprint density at radius 1 is 0.473 bits per heavy atom. The largest absolute Gasteiger partial charge is 0.317 e. The normalized spacial score (nSPS) is 23.9.